The second-order valence-electron chi connectivity index (χ2n) is 2.64. The van der Waals surface area contributed by atoms with Crippen LogP contribution in [0.3, 0.4) is 0 Å². The van der Waals surface area contributed by atoms with Gasteiger partial charge in [-0.05, 0) is 22.0 Å². The molecule has 0 radical (unpaired) electrons. The normalized spacial score (nSPS) is 11.0. The molecular formula is C8H5BrF3N3O. The summed E-state index contributed by atoms with van der Waals surface area (Å²) in [6, 6.07) is 2.99. The predicted molar refractivity (Wildman–Crippen MR) is 51.2 cm³/mol. The smallest absolute Gasteiger partial charge is 0.387 e. The molecule has 1 rings (SSSR count). The first-order valence-electron chi connectivity index (χ1n) is 3.92. The van der Waals surface area contributed by atoms with E-state index in [-0.39, 0.29) is 22.3 Å². The van der Waals surface area contributed by atoms with Crippen molar-refractivity contribution in [3.8, 4) is 11.9 Å². The molecule has 0 unspecified atom stereocenters. The number of nitriles is 1. The van der Waals surface area contributed by atoms with E-state index >= 15 is 0 Å². The lowest BCUT2D eigenvalue weighted by Gasteiger charge is -2.11. The number of alkyl halides is 3. The molecule has 0 bridgehead atoms. The van der Waals surface area contributed by atoms with E-state index < -0.39 is 12.2 Å². The van der Waals surface area contributed by atoms with Crippen LogP contribution in [0.5, 0.6) is 5.88 Å². The van der Waals surface area contributed by atoms with Gasteiger partial charge in [0, 0.05) is 6.54 Å². The molecule has 0 aliphatic carbocycles. The van der Waals surface area contributed by atoms with Gasteiger partial charge in [0.05, 0.1) is 15.7 Å². The summed E-state index contributed by atoms with van der Waals surface area (Å²) in [6.07, 6.45) is -4.87. The van der Waals surface area contributed by atoms with Gasteiger partial charge in [-0.2, -0.15) is 5.26 Å². The highest BCUT2D eigenvalue weighted by Crippen LogP contribution is 2.31. The van der Waals surface area contributed by atoms with Crippen molar-refractivity contribution in [3.63, 3.8) is 0 Å². The standard InChI is InChI=1S/C8H5BrF3N3O/c9-6-4(2-13)1-5(3-14)15-7(6)16-8(10,11)12/h1H,3,14H2. The van der Waals surface area contributed by atoms with Crippen molar-refractivity contribution in [2.45, 2.75) is 12.9 Å². The number of pyridine rings is 1. The zero-order chi connectivity index (χ0) is 12.3. The van der Waals surface area contributed by atoms with Crippen LogP contribution in [-0.4, -0.2) is 11.3 Å². The van der Waals surface area contributed by atoms with Gasteiger partial charge in [0.1, 0.15) is 6.07 Å². The highest BCUT2D eigenvalue weighted by atomic mass is 79.9. The van der Waals surface area contributed by atoms with E-state index in [0.29, 0.717) is 0 Å². The Morgan fingerprint density at radius 3 is 2.62 bits per heavy atom. The zero-order valence-corrected chi connectivity index (χ0v) is 9.26. The molecule has 0 aliphatic heterocycles. The van der Waals surface area contributed by atoms with Gasteiger partial charge in [0.2, 0.25) is 5.88 Å². The van der Waals surface area contributed by atoms with Crippen LogP contribution in [0.4, 0.5) is 13.2 Å². The average molecular weight is 296 g/mol. The van der Waals surface area contributed by atoms with Gasteiger partial charge >= 0.3 is 6.36 Å². The maximum Gasteiger partial charge on any atom is 0.574 e. The molecule has 0 saturated heterocycles. The third-order valence-corrected chi connectivity index (χ3v) is 2.29. The maximum atomic E-state index is 12.0. The Bertz CT molecular complexity index is 441. The van der Waals surface area contributed by atoms with Crippen molar-refractivity contribution in [3.05, 3.63) is 21.8 Å². The van der Waals surface area contributed by atoms with Gasteiger partial charge in [-0.1, -0.05) is 0 Å². The lowest BCUT2D eigenvalue weighted by atomic mass is 10.2. The van der Waals surface area contributed by atoms with Crippen LogP contribution >= 0.6 is 15.9 Å². The Hall–Kier alpha value is -1.33. The van der Waals surface area contributed by atoms with E-state index in [1.807, 2.05) is 0 Å². The summed E-state index contributed by atoms with van der Waals surface area (Å²) in [6.45, 7) is -0.0871. The second-order valence-corrected chi connectivity index (χ2v) is 3.44. The number of hydrogen-bond donors (Lipinski definition) is 1. The van der Waals surface area contributed by atoms with Crippen LogP contribution in [0.2, 0.25) is 0 Å². The first-order valence-corrected chi connectivity index (χ1v) is 4.72. The van der Waals surface area contributed by atoms with Crippen LogP contribution in [0.1, 0.15) is 11.3 Å². The summed E-state index contributed by atoms with van der Waals surface area (Å²) < 4.78 is 39.5. The molecule has 0 aliphatic rings. The summed E-state index contributed by atoms with van der Waals surface area (Å²) in [5.74, 6) is -0.716. The molecule has 0 amide bonds. The largest absolute Gasteiger partial charge is 0.574 e. The summed E-state index contributed by atoms with van der Waals surface area (Å²) in [7, 11) is 0. The zero-order valence-electron chi connectivity index (χ0n) is 7.68. The van der Waals surface area contributed by atoms with Gasteiger partial charge in [0.25, 0.3) is 0 Å². The molecule has 0 spiro atoms. The molecule has 0 aromatic carbocycles. The fourth-order valence-electron chi connectivity index (χ4n) is 0.920. The van der Waals surface area contributed by atoms with Crippen molar-refractivity contribution in [1.29, 1.82) is 5.26 Å². The first-order chi connectivity index (χ1) is 7.37. The van der Waals surface area contributed by atoms with E-state index in [4.69, 9.17) is 11.0 Å². The predicted octanol–water partition coefficient (Wildman–Crippen LogP) is 2.07. The van der Waals surface area contributed by atoms with E-state index in [0.717, 1.165) is 0 Å². The number of ether oxygens (including phenoxy) is 1. The Balaban J connectivity index is 3.23. The SMILES string of the molecule is N#Cc1cc(CN)nc(OC(F)(F)F)c1Br. The number of halogens is 4. The molecule has 1 aromatic rings. The molecular weight excluding hydrogens is 291 g/mol. The van der Waals surface area contributed by atoms with E-state index in [1.165, 1.54) is 6.07 Å². The number of hydrogen-bond acceptors (Lipinski definition) is 4. The van der Waals surface area contributed by atoms with Crippen LogP contribution in [-0.2, 0) is 6.54 Å². The Labute approximate surface area is 97.0 Å². The third kappa shape index (κ3) is 3.08. The molecule has 2 N–H and O–H groups in total. The first kappa shape index (κ1) is 12.7. The topological polar surface area (TPSA) is 71.9 Å². The van der Waals surface area contributed by atoms with Crippen LogP contribution < -0.4 is 10.5 Å². The highest BCUT2D eigenvalue weighted by molar-refractivity contribution is 9.10. The van der Waals surface area contributed by atoms with Crippen molar-refractivity contribution in [2.24, 2.45) is 5.73 Å². The minimum atomic E-state index is -4.87. The average Bonchev–Trinajstić information content (AvgIpc) is 2.19. The Morgan fingerprint density at radius 1 is 1.56 bits per heavy atom. The molecule has 8 heteroatoms. The van der Waals surface area contributed by atoms with Gasteiger partial charge < -0.3 is 10.5 Å². The van der Waals surface area contributed by atoms with Crippen molar-refractivity contribution < 1.29 is 17.9 Å². The molecule has 1 heterocycles. The number of aromatic nitrogens is 1. The van der Waals surface area contributed by atoms with Crippen molar-refractivity contribution in [2.75, 3.05) is 0 Å². The van der Waals surface area contributed by atoms with Crippen LogP contribution in [0.25, 0.3) is 0 Å². The minimum Gasteiger partial charge on any atom is -0.387 e. The van der Waals surface area contributed by atoms with Crippen LogP contribution in [0, 0.1) is 11.3 Å². The van der Waals surface area contributed by atoms with Crippen molar-refractivity contribution in [1.82, 2.24) is 4.98 Å². The molecule has 0 atom stereocenters. The molecule has 4 nitrogen and oxygen atoms in total. The molecule has 0 saturated carbocycles. The summed E-state index contributed by atoms with van der Waals surface area (Å²) in [5, 5.41) is 8.68. The van der Waals surface area contributed by atoms with Crippen LogP contribution in [0.15, 0.2) is 10.5 Å². The van der Waals surface area contributed by atoms with Gasteiger partial charge in [0.15, 0.2) is 0 Å². The van der Waals surface area contributed by atoms with Gasteiger partial charge in [-0.15, -0.1) is 13.2 Å². The molecule has 0 fully saturated rings. The lowest BCUT2D eigenvalue weighted by molar-refractivity contribution is -0.276. The van der Waals surface area contributed by atoms with Crippen molar-refractivity contribution >= 4 is 15.9 Å². The molecule has 86 valence electrons. The second kappa shape index (κ2) is 4.67. The monoisotopic (exact) mass is 295 g/mol. The summed E-state index contributed by atoms with van der Waals surface area (Å²) >= 11 is 2.81. The number of nitrogens with two attached hydrogens (primary N) is 1. The minimum absolute atomic E-state index is 0.0188. The van der Waals surface area contributed by atoms with E-state index in [2.05, 4.69) is 25.7 Å². The Morgan fingerprint density at radius 2 is 2.19 bits per heavy atom. The molecule has 16 heavy (non-hydrogen) atoms. The van der Waals surface area contributed by atoms with Gasteiger partial charge in [-0.25, -0.2) is 4.98 Å². The lowest BCUT2D eigenvalue weighted by Crippen LogP contribution is -2.19. The Kier molecular flexibility index (Phi) is 3.72. The number of nitrogens with zero attached hydrogens (tertiary/aromatic N) is 2. The third-order valence-electron chi connectivity index (χ3n) is 1.52. The summed E-state index contributed by atoms with van der Waals surface area (Å²) in [4.78, 5) is 3.52. The van der Waals surface area contributed by atoms with Gasteiger partial charge in [-0.3, -0.25) is 0 Å². The number of rotatable bonds is 2. The highest BCUT2D eigenvalue weighted by Gasteiger charge is 2.33. The summed E-state index contributed by atoms with van der Waals surface area (Å²) in [5.41, 5.74) is 5.35. The maximum absolute atomic E-state index is 12.0. The fraction of sp³-hybridized carbons (Fsp3) is 0.250. The van der Waals surface area contributed by atoms with E-state index in [9.17, 15) is 13.2 Å². The quantitative estimate of drug-likeness (QED) is 0.907. The van der Waals surface area contributed by atoms with E-state index in [1.54, 1.807) is 6.07 Å². The fourth-order valence-corrected chi connectivity index (χ4v) is 1.29. The molecule has 1 aromatic heterocycles.